The van der Waals surface area contributed by atoms with Crippen LogP contribution < -0.4 is 20.1 Å². The van der Waals surface area contributed by atoms with Crippen molar-refractivity contribution in [1.29, 1.82) is 0 Å². The van der Waals surface area contributed by atoms with Crippen LogP contribution in [0.15, 0.2) is 48.5 Å². The van der Waals surface area contributed by atoms with E-state index in [2.05, 4.69) is 10.6 Å². The van der Waals surface area contributed by atoms with Gasteiger partial charge in [-0.3, -0.25) is 4.79 Å². The van der Waals surface area contributed by atoms with Crippen molar-refractivity contribution in [1.82, 2.24) is 5.32 Å². The molecule has 0 bridgehead atoms. The van der Waals surface area contributed by atoms with Gasteiger partial charge in [-0.15, -0.1) is 0 Å². The van der Waals surface area contributed by atoms with E-state index in [1.165, 1.54) is 0 Å². The zero-order valence-corrected chi connectivity index (χ0v) is 14.2. The maximum Gasteiger partial charge on any atom is 0.221 e. The second-order valence-corrected chi connectivity index (χ2v) is 5.32. The molecule has 0 saturated heterocycles. The minimum atomic E-state index is 0.0332. The van der Waals surface area contributed by atoms with Crippen LogP contribution in [0.1, 0.15) is 12.0 Å². The molecule has 0 spiro atoms. The molecule has 2 N–H and O–H groups in total. The molecule has 0 fully saturated rings. The number of carbonyl (C=O) groups is 1. The third kappa shape index (κ3) is 5.50. The molecule has 0 aromatic heterocycles. The van der Waals surface area contributed by atoms with Crippen LogP contribution in [0.4, 0.5) is 5.69 Å². The van der Waals surface area contributed by atoms with Crippen LogP contribution in [0.25, 0.3) is 0 Å². The number of nitrogens with one attached hydrogen (secondary N) is 2. The van der Waals surface area contributed by atoms with Crippen molar-refractivity contribution in [2.45, 2.75) is 12.8 Å². The lowest BCUT2D eigenvalue weighted by atomic mass is 10.1. The summed E-state index contributed by atoms with van der Waals surface area (Å²) >= 11 is 0. The van der Waals surface area contributed by atoms with Gasteiger partial charge in [-0.25, -0.2) is 0 Å². The summed E-state index contributed by atoms with van der Waals surface area (Å²) in [5.74, 6) is 1.70. The normalized spacial score (nSPS) is 10.1. The lowest BCUT2D eigenvalue weighted by molar-refractivity contribution is -0.120. The number of amides is 1. The van der Waals surface area contributed by atoms with Crippen LogP contribution in [-0.2, 0) is 11.2 Å². The Hall–Kier alpha value is -2.69. The topological polar surface area (TPSA) is 59.6 Å². The summed E-state index contributed by atoms with van der Waals surface area (Å²) in [7, 11) is 3.29. The number of benzene rings is 2. The summed E-state index contributed by atoms with van der Waals surface area (Å²) in [5.41, 5.74) is 2.06. The molecule has 2 aromatic carbocycles. The molecule has 2 rings (SSSR count). The quantitative estimate of drug-likeness (QED) is 0.743. The van der Waals surface area contributed by atoms with Gasteiger partial charge in [-0.05, 0) is 42.3 Å². The van der Waals surface area contributed by atoms with Crippen molar-refractivity contribution < 1.29 is 14.3 Å². The summed E-state index contributed by atoms with van der Waals surface area (Å²) in [5, 5.41) is 6.15. The molecule has 0 unspecified atom stereocenters. The molecule has 0 aliphatic carbocycles. The second kappa shape index (κ2) is 9.45. The van der Waals surface area contributed by atoms with Gasteiger partial charge >= 0.3 is 0 Å². The van der Waals surface area contributed by atoms with Crippen LogP contribution >= 0.6 is 0 Å². The third-order valence-corrected chi connectivity index (χ3v) is 3.68. The van der Waals surface area contributed by atoms with Crippen molar-refractivity contribution in [2.75, 3.05) is 32.6 Å². The Bertz CT molecular complexity index is 641. The first-order valence-electron chi connectivity index (χ1n) is 7.99. The SMILES string of the molecule is COc1ccc(NCCC(=O)NCCc2ccccc2OC)cc1. The highest BCUT2D eigenvalue weighted by molar-refractivity contribution is 5.76. The first-order valence-corrected chi connectivity index (χ1v) is 7.99. The van der Waals surface area contributed by atoms with Crippen molar-refractivity contribution in [3.05, 3.63) is 54.1 Å². The standard InChI is InChI=1S/C19H24N2O3/c1-23-17-9-7-16(8-10-17)20-14-12-19(22)21-13-11-15-5-3-4-6-18(15)24-2/h3-10,20H,11-14H2,1-2H3,(H,21,22). The fourth-order valence-corrected chi connectivity index (χ4v) is 2.36. The lowest BCUT2D eigenvalue weighted by Crippen LogP contribution is -2.27. The number of hydrogen-bond donors (Lipinski definition) is 2. The van der Waals surface area contributed by atoms with Gasteiger partial charge in [0.05, 0.1) is 14.2 Å². The average molecular weight is 328 g/mol. The molecule has 0 saturated carbocycles. The smallest absolute Gasteiger partial charge is 0.221 e. The maximum atomic E-state index is 11.9. The summed E-state index contributed by atoms with van der Waals surface area (Å²) in [4.78, 5) is 11.9. The lowest BCUT2D eigenvalue weighted by Gasteiger charge is -2.10. The number of para-hydroxylation sites is 1. The summed E-state index contributed by atoms with van der Waals surface area (Å²) < 4.78 is 10.4. The molecule has 2 aromatic rings. The summed E-state index contributed by atoms with van der Waals surface area (Å²) in [6, 6.07) is 15.5. The third-order valence-electron chi connectivity index (χ3n) is 3.68. The maximum absolute atomic E-state index is 11.9. The van der Waals surface area contributed by atoms with Crippen molar-refractivity contribution in [2.24, 2.45) is 0 Å². The Kier molecular flexibility index (Phi) is 6.95. The highest BCUT2D eigenvalue weighted by Crippen LogP contribution is 2.17. The summed E-state index contributed by atoms with van der Waals surface area (Å²) in [6.45, 7) is 1.19. The van der Waals surface area contributed by atoms with Gasteiger partial charge in [-0.1, -0.05) is 18.2 Å². The van der Waals surface area contributed by atoms with E-state index >= 15 is 0 Å². The fraction of sp³-hybridized carbons (Fsp3) is 0.316. The van der Waals surface area contributed by atoms with Gasteiger partial charge in [0.25, 0.3) is 0 Å². The first-order chi connectivity index (χ1) is 11.7. The molecular weight excluding hydrogens is 304 g/mol. The Morgan fingerprint density at radius 3 is 2.42 bits per heavy atom. The number of hydrogen-bond acceptors (Lipinski definition) is 4. The number of anilines is 1. The van der Waals surface area contributed by atoms with Gasteiger partial charge in [0.2, 0.25) is 5.91 Å². The zero-order valence-electron chi connectivity index (χ0n) is 14.2. The van der Waals surface area contributed by atoms with E-state index in [1.807, 2.05) is 48.5 Å². The predicted molar refractivity (Wildman–Crippen MR) is 95.8 cm³/mol. The number of carbonyl (C=O) groups excluding carboxylic acids is 1. The minimum absolute atomic E-state index is 0.0332. The van der Waals surface area contributed by atoms with Gasteiger partial charge in [0.1, 0.15) is 11.5 Å². The Balaban J connectivity index is 1.66. The second-order valence-electron chi connectivity index (χ2n) is 5.32. The molecule has 0 heterocycles. The average Bonchev–Trinajstić information content (AvgIpc) is 2.62. The van der Waals surface area contributed by atoms with E-state index in [4.69, 9.17) is 9.47 Å². The van der Waals surface area contributed by atoms with E-state index in [0.717, 1.165) is 29.2 Å². The summed E-state index contributed by atoms with van der Waals surface area (Å²) in [6.07, 6.45) is 1.18. The van der Waals surface area contributed by atoms with Crippen LogP contribution in [0.2, 0.25) is 0 Å². The monoisotopic (exact) mass is 328 g/mol. The van der Waals surface area contributed by atoms with E-state index in [1.54, 1.807) is 14.2 Å². The van der Waals surface area contributed by atoms with Crippen LogP contribution in [0.3, 0.4) is 0 Å². The van der Waals surface area contributed by atoms with E-state index < -0.39 is 0 Å². The fourth-order valence-electron chi connectivity index (χ4n) is 2.36. The molecule has 1 amide bonds. The van der Waals surface area contributed by atoms with E-state index in [-0.39, 0.29) is 5.91 Å². The Labute approximate surface area is 143 Å². The van der Waals surface area contributed by atoms with Gasteiger partial charge in [0.15, 0.2) is 0 Å². The zero-order chi connectivity index (χ0) is 17.2. The molecule has 5 nitrogen and oxygen atoms in total. The highest BCUT2D eigenvalue weighted by Gasteiger charge is 2.04. The van der Waals surface area contributed by atoms with Crippen molar-refractivity contribution >= 4 is 11.6 Å². The molecule has 128 valence electrons. The molecule has 0 radical (unpaired) electrons. The van der Waals surface area contributed by atoms with E-state index in [9.17, 15) is 4.79 Å². The van der Waals surface area contributed by atoms with E-state index in [0.29, 0.717) is 19.5 Å². The predicted octanol–water partition coefficient (Wildman–Crippen LogP) is 2.86. The highest BCUT2D eigenvalue weighted by atomic mass is 16.5. The van der Waals surface area contributed by atoms with Crippen molar-refractivity contribution in [3.8, 4) is 11.5 Å². The molecule has 24 heavy (non-hydrogen) atoms. The van der Waals surface area contributed by atoms with Crippen LogP contribution in [-0.4, -0.2) is 33.2 Å². The van der Waals surface area contributed by atoms with Gasteiger partial charge in [-0.2, -0.15) is 0 Å². The van der Waals surface area contributed by atoms with Crippen LogP contribution in [0, 0.1) is 0 Å². The van der Waals surface area contributed by atoms with Gasteiger partial charge in [0, 0.05) is 25.2 Å². The first kappa shape index (κ1) is 17.7. The molecular formula is C19H24N2O3. The Morgan fingerprint density at radius 2 is 1.71 bits per heavy atom. The number of methoxy groups -OCH3 is 2. The molecule has 0 aliphatic rings. The largest absolute Gasteiger partial charge is 0.497 e. The minimum Gasteiger partial charge on any atom is -0.497 e. The number of ether oxygens (including phenoxy) is 2. The molecule has 5 heteroatoms. The van der Waals surface area contributed by atoms with Crippen molar-refractivity contribution in [3.63, 3.8) is 0 Å². The Morgan fingerprint density at radius 1 is 0.958 bits per heavy atom. The molecule has 0 aliphatic heterocycles. The number of rotatable bonds is 9. The van der Waals surface area contributed by atoms with Crippen LogP contribution in [0.5, 0.6) is 11.5 Å². The molecule has 0 atom stereocenters. The van der Waals surface area contributed by atoms with Gasteiger partial charge < -0.3 is 20.1 Å².